The summed E-state index contributed by atoms with van der Waals surface area (Å²) in [6.45, 7) is 0. The molecule has 0 saturated carbocycles. The summed E-state index contributed by atoms with van der Waals surface area (Å²) in [6, 6.07) is 9.13. The average molecular weight is 299 g/mol. The van der Waals surface area contributed by atoms with E-state index >= 15 is 0 Å². The molecule has 106 valence electrons. The molecule has 0 atom stereocenters. The fraction of sp³-hybridized carbons (Fsp3) is 0.0714. The van der Waals surface area contributed by atoms with E-state index in [1.807, 2.05) is 29.6 Å². The van der Waals surface area contributed by atoms with Crippen LogP contribution in [-0.4, -0.2) is 20.7 Å². The van der Waals surface area contributed by atoms with E-state index in [1.165, 1.54) is 16.0 Å². The smallest absolute Gasteiger partial charge is 0.275 e. The lowest BCUT2D eigenvalue weighted by atomic mass is 10.1. The molecule has 2 aromatic heterocycles. The van der Waals surface area contributed by atoms with E-state index in [-0.39, 0.29) is 5.91 Å². The zero-order valence-electron chi connectivity index (χ0n) is 11.3. The summed E-state index contributed by atoms with van der Waals surface area (Å²) in [7, 11) is 1.72. The number of aryl methyl sites for hydroxylation is 1. The quantitative estimate of drug-likeness (QED) is 0.727. The van der Waals surface area contributed by atoms with Crippen LogP contribution >= 0.6 is 11.3 Å². The van der Waals surface area contributed by atoms with Crippen LogP contribution in [0.5, 0.6) is 0 Å². The summed E-state index contributed by atoms with van der Waals surface area (Å²) in [4.78, 5) is 16.5. The van der Waals surface area contributed by atoms with E-state index in [0.717, 1.165) is 11.3 Å². The maximum atomic E-state index is 12.1. The Morgan fingerprint density at radius 1 is 1.38 bits per heavy atom. The molecule has 7 heteroatoms. The zero-order chi connectivity index (χ0) is 14.8. The summed E-state index contributed by atoms with van der Waals surface area (Å²) >= 11 is 1.37. The third kappa shape index (κ3) is 2.77. The fourth-order valence-electron chi connectivity index (χ4n) is 1.92. The average Bonchev–Trinajstić information content (AvgIpc) is 3.08. The minimum atomic E-state index is -0.233. The number of nitrogen functional groups attached to an aromatic ring is 1. The third-order valence-corrected chi connectivity index (χ3v) is 3.72. The number of rotatable bonds is 3. The van der Waals surface area contributed by atoms with Crippen LogP contribution in [0.2, 0.25) is 0 Å². The Balaban J connectivity index is 1.80. The zero-order valence-corrected chi connectivity index (χ0v) is 12.1. The summed E-state index contributed by atoms with van der Waals surface area (Å²) in [6.07, 6.45) is 1.58. The molecule has 3 N–H and O–H groups in total. The molecule has 1 amide bonds. The minimum absolute atomic E-state index is 0.233. The van der Waals surface area contributed by atoms with Crippen molar-refractivity contribution in [1.82, 2.24) is 14.8 Å². The highest BCUT2D eigenvalue weighted by atomic mass is 32.1. The minimum Gasteiger partial charge on any atom is -0.399 e. The van der Waals surface area contributed by atoms with Gasteiger partial charge in [-0.1, -0.05) is 12.1 Å². The molecule has 0 aliphatic carbocycles. The first-order valence-corrected chi connectivity index (χ1v) is 7.12. The van der Waals surface area contributed by atoms with Crippen LogP contribution in [-0.2, 0) is 7.05 Å². The molecular formula is C14H13N5OS. The topological polar surface area (TPSA) is 85.8 Å². The van der Waals surface area contributed by atoms with Gasteiger partial charge in [0, 0.05) is 29.9 Å². The Bertz CT molecular complexity index is 792. The van der Waals surface area contributed by atoms with Crippen molar-refractivity contribution in [2.75, 3.05) is 11.1 Å². The molecule has 0 unspecified atom stereocenters. The first-order chi connectivity index (χ1) is 10.1. The number of anilines is 2. The number of nitrogens with one attached hydrogen (secondary N) is 1. The van der Waals surface area contributed by atoms with E-state index in [0.29, 0.717) is 16.5 Å². The molecule has 3 aromatic rings. The molecule has 0 spiro atoms. The van der Waals surface area contributed by atoms with Crippen LogP contribution in [0.3, 0.4) is 0 Å². The van der Waals surface area contributed by atoms with Crippen molar-refractivity contribution in [3.05, 3.63) is 47.6 Å². The molecule has 2 heterocycles. The number of carbonyl (C=O) groups excluding carboxylic acids is 1. The maximum Gasteiger partial charge on any atom is 0.275 e. The van der Waals surface area contributed by atoms with Crippen LogP contribution in [0.1, 0.15) is 10.5 Å². The lowest BCUT2D eigenvalue weighted by Crippen LogP contribution is -2.15. The number of nitrogens with zero attached hydrogens (tertiary/aromatic N) is 3. The van der Waals surface area contributed by atoms with E-state index in [1.54, 1.807) is 19.3 Å². The van der Waals surface area contributed by atoms with Crippen LogP contribution in [0, 0.1) is 0 Å². The summed E-state index contributed by atoms with van der Waals surface area (Å²) in [5.41, 5.74) is 8.63. The van der Waals surface area contributed by atoms with Crippen molar-refractivity contribution < 1.29 is 4.79 Å². The van der Waals surface area contributed by atoms with E-state index in [2.05, 4.69) is 15.4 Å². The summed E-state index contributed by atoms with van der Waals surface area (Å²) in [5.74, 6) is -0.233. The highest BCUT2D eigenvalue weighted by Crippen LogP contribution is 2.26. The Morgan fingerprint density at radius 3 is 2.95 bits per heavy atom. The number of hydrogen-bond donors (Lipinski definition) is 2. The standard InChI is InChI=1S/C14H13N5OS/c1-19-12(5-6-16-19)13(20)18-14-17-11(8-21-14)9-3-2-4-10(15)7-9/h2-8H,15H2,1H3,(H,17,18,20). The van der Waals surface area contributed by atoms with Gasteiger partial charge < -0.3 is 5.73 Å². The van der Waals surface area contributed by atoms with Gasteiger partial charge in [-0.2, -0.15) is 5.10 Å². The van der Waals surface area contributed by atoms with Gasteiger partial charge >= 0.3 is 0 Å². The lowest BCUT2D eigenvalue weighted by molar-refractivity contribution is 0.101. The molecule has 0 aliphatic heterocycles. The molecule has 6 nitrogen and oxygen atoms in total. The molecule has 0 aliphatic rings. The van der Waals surface area contributed by atoms with E-state index < -0.39 is 0 Å². The molecule has 0 saturated heterocycles. The first-order valence-electron chi connectivity index (χ1n) is 6.24. The number of amides is 1. The van der Waals surface area contributed by atoms with Crippen molar-refractivity contribution in [1.29, 1.82) is 0 Å². The van der Waals surface area contributed by atoms with Crippen LogP contribution in [0.4, 0.5) is 10.8 Å². The normalized spacial score (nSPS) is 10.5. The number of aromatic nitrogens is 3. The Labute approximate surface area is 125 Å². The van der Waals surface area contributed by atoms with Gasteiger partial charge in [-0.25, -0.2) is 4.98 Å². The van der Waals surface area contributed by atoms with Crippen LogP contribution < -0.4 is 11.1 Å². The second-order valence-electron chi connectivity index (χ2n) is 4.46. The monoisotopic (exact) mass is 299 g/mol. The van der Waals surface area contributed by atoms with Gasteiger partial charge in [0.2, 0.25) is 0 Å². The molecule has 0 fully saturated rings. The van der Waals surface area contributed by atoms with Gasteiger partial charge in [0.15, 0.2) is 5.13 Å². The molecule has 3 rings (SSSR count). The Hall–Kier alpha value is -2.67. The van der Waals surface area contributed by atoms with E-state index in [9.17, 15) is 4.79 Å². The number of thiazole rings is 1. The van der Waals surface area contributed by atoms with Crippen molar-refractivity contribution in [2.24, 2.45) is 7.05 Å². The van der Waals surface area contributed by atoms with E-state index in [4.69, 9.17) is 5.73 Å². The number of carbonyl (C=O) groups is 1. The predicted octanol–water partition coefficient (Wildman–Crippen LogP) is 2.38. The second-order valence-corrected chi connectivity index (χ2v) is 5.32. The largest absolute Gasteiger partial charge is 0.399 e. The summed E-state index contributed by atoms with van der Waals surface area (Å²) < 4.78 is 1.52. The van der Waals surface area contributed by atoms with Gasteiger partial charge in [0.1, 0.15) is 5.69 Å². The third-order valence-electron chi connectivity index (χ3n) is 2.96. The Kier molecular flexibility index (Phi) is 3.41. The highest BCUT2D eigenvalue weighted by molar-refractivity contribution is 7.14. The number of benzene rings is 1. The lowest BCUT2D eigenvalue weighted by Gasteiger charge is -2.01. The number of nitrogens with two attached hydrogens (primary N) is 1. The molecule has 0 radical (unpaired) electrons. The van der Waals surface area contributed by atoms with Gasteiger partial charge in [-0.15, -0.1) is 11.3 Å². The maximum absolute atomic E-state index is 12.1. The van der Waals surface area contributed by atoms with Crippen molar-refractivity contribution in [3.63, 3.8) is 0 Å². The SMILES string of the molecule is Cn1nccc1C(=O)Nc1nc(-c2cccc(N)c2)cs1. The number of hydrogen-bond acceptors (Lipinski definition) is 5. The highest BCUT2D eigenvalue weighted by Gasteiger charge is 2.12. The van der Waals surface area contributed by atoms with Crippen molar-refractivity contribution in [2.45, 2.75) is 0 Å². The molecule has 1 aromatic carbocycles. The van der Waals surface area contributed by atoms with Crippen molar-refractivity contribution >= 4 is 28.1 Å². The second kappa shape index (κ2) is 5.37. The van der Waals surface area contributed by atoms with Gasteiger partial charge in [-0.3, -0.25) is 14.8 Å². The van der Waals surface area contributed by atoms with Gasteiger partial charge in [-0.05, 0) is 18.2 Å². The summed E-state index contributed by atoms with van der Waals surface area (Å²) in [5, 5.41) is 9.16. The fourth-order valence-corrected chi connectivity index (χ4v) is 2.63. The molecule has 21 heavy (non-hydrogen) atoms. The Morgan fingerprint density at radius 2 is 2.24 bits per heavy atom. The van der Waals surface area contributed by atoms with Gasteiger partial charge in [0.25, 0.3) is 5.91 Å². The first kappa shape index (κ1) is 13.3. The van der Waals surface area contributed by atoms with Crippen molar-refractivity contribution in [3.8, 4) is 11.3 Å². The van der Waals surface area contributed by atoms with Crippen LogP contribution in [0.25, 0.3) is 11.3 Å². The molecular weight excluding hydrogens is 286 g/mol. The molecule has 0 bridgehead atoms. The van der Waals surface area contributed by atoms with Gasteiger partial charge in [0.05, 0.1) is 5.69 Å². The predicted molar refractivity (Wildman–Crippen MR) is 83.1 cm³/mol. The van der Waals surface area contributed by atoms with Crippen LogP contribution in [0.15, 0.2) is 41.9 Å².